The monoisotopic (exact) mass is 275 g/mol. The van der Waals surface area contributed by atoms with Crippen molar-refractivity contribution in [2.24, 2.45) is 0 Å². The fourth-order valence-corrected chi connectivity index (χ4v) is 1.86. The summed E-state index contributed by atoms with van der Waals surface area (Å²) in [5.74, 6) is 0.825. The Morgan fingerprint density at radius 2 is 1.68 bits per heavy atom. The lowest BCUT2D eigenvalue weighted by Crippen LogP contribution is -2.38. The molecule has 4 heteroatoms. The Morgan fingerprint density at radius 1 is 1.05 bits per heavy atom. The van der Waals surface area contributed by atoms with Crippen LogP contribution in [0.4, 0.5) is 5.82 Å². The van der Waals surface area contributed by atoms with Gasteiger partial charge < -0.3 is 4.90 Å². The van der Waals surface area contributed by atoms with Gasteiger partial charge in [0.05, 0.1) is 5.69 Å². The summed E-state index contributed by atoms with van der Waals surface area (Å²) in [7, 11) is 2.01. The molecule has 0 N–H and O–H groups in total. The molecule has 0 aliphatic heterocycles. The highest BCUT2D eigenvalue weighted by atomic mass is 35.5. The van der Waals surface area contributed by atoms with E-state index in [2.05, 4.69) is 35.6 Å². The molecule has 1 aromatic heterocycles. The van der Waals surface area contributed by atoms with E-state index in [1.807, 2.05) is 43.4 Å². The lowest BCUT2D eigenvalue weighted by molar-refractivity contribution is 0.533. The molecule has 100 valence electrons. The first-order valence-corrected chi connectivity index (χ1v) is 6.59. The maximum absolute atomic E-state index is 6.05. The van der Waals surface area contributed by atoms with Gasteiger partial charge in [0, 0.05) is 24.2 Å². The van der Waals surface area contributed by atoms with E-state index >= 15 is 0 Å². The summed E-state index contributed by atoms with van der Waals surface area (Å²) in [6, 6.07) is 11.9. The van der Waals surface area contributed by atoms with Crippen molar-refractivity contribution in [3.05, 3.63) is 41.7 Å². The number of halogens is 1. The Labute approximate surface area is 119 Å². The molecule has 0 saturated carbocycles. The third-order valence-corrected chi connectivity index (χ3v) is 3.27. The smallest absolute Gasteiger partial charge is 0.224 e. The quantitative estimate of drug-likeness (QED) is 0.775. The SMILES string of the molecule is CN(c1cc(-c2ccccc2)nc(Cl)n1)C(C)(C)C. The second kappa shape index (κ2) is 5.17. The maximum atomic E-state index is 6.05. The summed E-state index contributed by atoms with van der Waals surface area (Å²) in [5.41, 5.74) is 1.85. The molecule has 0 spiro atoms. The molecule has 1 heterocycles. The molecule has 0 amide bonds. The van der Waals surface area contributed by atoms with Crippen LogP contribution in [0.1, 0.15) is 20.8 Å². The van der Waals surface area contributed by atoms with E-state index in [0.29, 0.717) is 0 Å². The van der Waals surface area contributed by atoms with Crippen molar-refractivity contribution in [3.8, 4) is 11.3 Å². The van der Waals surface area contributed by atoms with Crippen LogP contribution in [-0.4, -0.2) is 22.6 Å². The van der Waals surface area contributed by atoms with E-state index in [9.17, 15) is 0 Å². The van der Waals surface area contributed by atoms with Crippen LogP contribution in [-0.2, 0) is 0 Å². The van der Waals surface area contributed by atoms with Gasteiger partial charge in [-0.05, 0) is 32.4 Å². The average Bonchev–Trinajstić information content (AvgIpc) is 2.37. The van der Waals surface area contributed by atoms with E-state index in [4.69, 9.17) is 11.6 Å². The first-order valence-electron chi connectivity index (χ1n) is 6.22. The van der Waals surface area contributed by atoms with Crippen molar-refractivity contribution in [2.75, 3.05) is 11.9 Å². The summed E-state index contributed by atoms with van der Waals surface area (Å²) in [6.07, 6.45) is 0. The second-order valence-corrected chi connectivity index (χ2v) is 5.81. The zero-order valence-electron chi connectivity index (χ0n) is 11.7. The third-order valence-electron chi connectivity index (χ3n) is 3.10. The van der Waals surface area contributed by atoms with Crippen LogP contribution >= 0.6 is 11.6 Å². The van der Waals surface area contributed by atoms with Crippen molar-refractivity contribution in [1.29, 1.82) is 0 Å². The van der Waals surface area contributed by atoms with Crippen LogP contribution in [0.5, 0.6) is 0 Å². The number of anilines is 1. The van der Waals surface area contributed by atoms with Crippen LogP contribution in [0.3, 0.4) is 0 Å². The van der Waals surface area contributed by atoms with E-state index < -0.39 is 0 Å². The molecule has 2 rings (SSSR count). The highest BCUT2D eigenvalue weighted by Crippen LogP contribution is 2.26. The predicted octanol–water partition coefficient (Wildman–Crippen LogP) is 4.03. The van der Waals surface area contributed by atoms with Crippen LogP contribution in [0, 0.1) is 0 Å². The molecule has 1 aromatic carbocycles. The van der Waals surface area contributed by atoms with E-state index in [-0.39, 0.29) is 10.8 Å². The highest BCUT2D eigenvalue weighted by molar-refractivity contribution is 6.28. The van der Waals surface area contributed by atoms with Gasteiger partial charge in [0.25, 0.3) is 0 Å². The van der Waals surface area contributed by atoms with Gasteiger partial charge in [0.1, 0.15) is 5.82 Å². The first kappa shape index (κ1) is 13.8. The van der Waals surface area contributed by atoms with Crippen molar-refractivity contribution in [3.63, 3.8) is 0 Å². The predicted molar refractivity (Wildman–Crippen MR) is 80.6 cm³/mol. The van der Waals surface area contributed by atoms with E-state index in [1.54, 1.807) is 0 Å². The number of hydrogen-bond acceptors (Lipinski definition) is 3. The Bertz CT molecular complexity index is 561. The zero-order chi connectivity index (χ0) is 14.0. The fraction of sp³-hybridized carbons (Fsp3) is 0.333. The van der Waals surface area contributed by atoms with Crippen LogP contribution in [0.15, 0.2) is 36.4 Å². The van der Waals surface area contributed by atoms with E-state index in [1.165, 1.54) is 0 Å². The Hall–Kier alpha value is -1.61. The lowest BCUT2D eigenvalue weighted by Gasteiger charge is -2.33. The second-order valence-electron chi connectivity index (χ2n) is 5.48. The van der Waals surface area contributed by atoms with Gasteiger partial charge in [-0.1, -0.05) is 30.3 Å². The number of rotatable bonds is 2. The molecule has 0 saturated heterocycles. The minimum Gasteiger partial charge on any atom is -0.355 e. The Balaban J connectivity index is 2.47. The molecule has 0 bridgehead atoms. The van der Waals surface area contributed by atoms with Gasteiger partial charge >= 0.3 is 0 Å². The highest BCUT2D eigenvalue weighted by Gasteiger charge is 2.20. The summed E-state index contributed by atoms with van der Waals surface area (Å²) < 4.78 is 0. The van der Waals surface area contributed by atoms with Gasteiger partial charge in [0.2, 0.25) is 5.28 Å². The first-order chi connectivity index (χ1) is 8.88. The molecule has 0 aliphatic rings. The zero-order valence-corrected chi connectivity index (χ0v) is 12.4. The normalized spacial score (nSPS) is 11.4. The largest absolute Gasteiger partial charge is 0.355 e. The molecule has 0 unspecified atom stereocenters. The lowest BCUT2D eigenvalue weighted by atomic mass is 10.1. The standard InChI is InChI=1S/C15H18ClN3/c1-15(2,3)19(4)13-10-12(17-14(16)18-13)11-8-6-5-7-9-11/h5-10H,1-4H3. The van der Waals surface area contributed by atoms with Crippen LogP contribution < -0.4 is 4.90 Å². The minimum absolute atomic E-state index is 0.0222. The van der Waals surface area contributed by atoms with Crippen molar-refractivity contribution >= 4 is 17.4 Å². The van der Waals surface area contributed by atoms with E-state index in [0.717, 1.165) is 17.1 Å². The summed E-state index contributed by atoms with van der Waals surface area (Å²) in [4.78, 5) is 10.7. The Morgan fingerprint density at radius 3 is 2.26 bits per heavy atom. The van der Waals surface area contributed by atoms with Gasteiger partial charge in [0.15, 0.2) is 0 Å². The summed E-state index contributed by atoms with van der Waals surface area (Å²) in [6.45, 7) is 6.39. The van der Waals surface area contributed by atoms with Crippen molar-refractivity contribution < 1.29 is 0 Å². The van der Waals surface area contributed by atoms with Gasteiger partial charge in [-0.3, -0.25) is 0 Å². The summed E-state index contributed by atoms with van der Waals surface area (Å²) >= 11 is 6.05. The van der Waals surface area contributed by atoms with Gasteiger partial charge in [-0.25, -0.2) is 9.97 Å². The summed E-state index contributed by atoms with van der Waals surface area (Å²) in [5, 5.41) is 0.271. The van der Waals surface area contributed by atoms with Gasteiger partial charge in [-0.15, -0.1) is 0 Å². The molecule has 19 heavy (non-hydrogen) atoms. The molecule has 0 aliphatic carbocycles. The van der Waals surface area contributed by atoms with Crippen molar-refractivity contribution in [2.45, 2.75) is 26.3 Å². The minimum atomic E-state index is -0.0222. The molecular weight excluding hydrogens is 258 g/mol. The number of nitrogens with zero attached hydrogens (tertiary/aromatic N) is 3. The molecule has 0 radical (unpaired) electrons. The molecular formula is C15H18ClN3. The topological polar surface area (TPSA) is 29.0 Å². The van der Waals surface area contributed by atoms with Crippen molar-refractivity contribution in [1.82, 2.24) is 9.97 Å². The third kappa shape index (κ3) is 3.24. The number of hydrogen-bond donors (Lipinski definition) is 0. The molecule has 3 nitrogen and oxygen atoms in total. The Kier molecular flexibility index (Phi) is 3.76. The number of benzene rings is 1. The van der Waals surface area contributed by atoms with Crippen LogP contribution in [0.25, 0.3) is 11.3 Å². The molecule has 0 fully saturated rings. The fourth-order valence-electron chi connectivity index (χ4n) is 1.68. The van der Waals surface area contributed by atoms with Gasteiger partial charge in [-0.2, -0.15) is 0 Å². The van der Waals surface area contributed by atoms with Crippen LogP contribution in [0.2, 0.25) is 5.28 Å². The molecule has 2 aromatic rings. The average molecular weight is 276 g/mol. The number of aromatic nitrogens is 2. The maximum Gasteiger partial charge on any atom is 0.224 e. The molecule has 0 atom stereocenters.